The standard InChI is InChI=1S/C23H27FN4O2/c1-15-10-21(30-27-15)20-14-28(2)26-23(20)18-8-6-16(7-9-18)13-25-22(29)12-17-4-3-5-19(24)11-17/h3-5,10-11,14,16,18H,6-9,12-13H2,1-2H3,(H,25,29). The van der Waals surface area contributed by atoms with Gasteiger partial charge in [0.25, 0.3) is 0 Å². The van der Waals surface area contributed by atoms with Crippen LogP contribution in [-0.4, -0.2) is 27.4 Å². The van der Waals surface area contributed by atoms with Gasteiger partial charge in [0.2, 0.25) is 5.91 Å². The zero-order chi connectivity index (χ0) is 21.1. The van der Waals surface area contributed by atoms with Gasteiger partial charge in [-0.1, -0.05) is 17.3 Å². The van der Waals surface area contributed by atoms with Crippen LogP contribution in [-0.2, 0) is 18.3 Å². The Hall–Kier alpha value is -2.96. The normalized spacial score (nSPS) is 19.0. The molecule has 0 aliphatic heterocycles. The molecule has 6 nitrogen and oxygen atoms in total. The van der Waals surface area contributed by atoms with Crippen LogP contribution < -0.4 is 5.32 Å². The lowest BCUT2D eigenvalue weighted by Crippen LogP contribution is -2.32. The fraction of sp³-hybridized carbons (Fsp3) is 0.435. The maximum Gasteiger partial charge on any atom is 0.224 e. The van der Waals surface area contributed by atoms with Gasteiger partial charge < -0.3 is 9.84 Å². The maximum atomic E-state index is 13.3. The minimum absolute atomic E-state index is 0.0598. The number of hydrogen-bond acceptors (Lipinski definition) is 4. The Bertz CT molecular complexity index is 1020. The molecule has 1 amide bonds. The Kier molecular flexibility index (Phi) is 5.97. The minimum Gasteiger partial charge on any atom is -0.356 e. The van der Waals surface area contributed by atoms with E-state index in [4.69, 9.17) is 9.62 Å². The van der Waals surface area contributed by atoms with E-state index >= 15 is 0 Å². The SMILES string of the molecule is Cc1cc(-c2cn(C)nc2C2CCC(CNC(=O)Cc3cccc(F)c3)CC2)on1. The summed E-state index contributed by atoms with van der Waals surface area (Å²) in [7, 11) is 1.93. The first-order valence-corrected chi connectivity index (χ1v) is 10.5. The molecule has 0 radical (unpaired) electrons. The lowest BCUT2D eigenvalue weighted by molar-refractivity contribution is -0.120. The number of hydrogen-bond donors (Lipinski definition) is 1. The Balaban J connectivity index is 1.30. The quantitative estimate of drug-likeness (QED) is 0.662. The fourth-order valence-electron chi connectivity index (χ4n) is 4.28. The van der Waals surface area contributed by atoms with Gasteiger partial charge in [0.05, 0.1) is 23.4 Å². The minimum atomic E-state index is -0.312. The number of nitrogens with zero attached hydrogens (tertiary/aromatic N) is 3. The summed E-state index contributed by atoms with van der Waals surface area (Å²) >= 11 is 0. The van der Waals surface area contributed by atoms with Crippen LogP contribution in [0.5, 0.6) is 0 Å². The number of carbonyl (C=O) groups is 1. The maximum absolute atomic E-state index is 13.3. The molecule has 1 N–H and O–H groups in total. The summed E-state index contributed by atoms with van der Waals surface area (Å²) in [5, 5.41) is 11.7. The van der Waals surface area contributed by atoms with E-state index in [2.05, 4.69) is 10.5 Å². The molecule has 0 spiro atoms. The third kappa shape index (κ3) is 4.78. The van der Waals surface area contributed by atoms with Crippen molar-refractivity contribution in [2.75, 3.05) is 6.54 Å². The Labute approximate surface area is 175 Å². The Morgan fingerprint density at radius 3 is 2.77 bits per heavy atom. The van der Waals surface area contributed by atoms with Crippen molar-refractivity contribution in [2.45, 2.75) is 44.9 Å². The van der Waals surface area contributed by atoms with Crippen molar-refractivity contribution in [3.8, 4) is 11.3 Å². The van der Waals surface area contributed by atoms with Crippen LogP contribution in [0.4, 0.5) is 4.39 Å². The molecular weight excluding hydrogens is 383 g/mol. The molecule has 0 unspecified atom stereocenters. The number of aryl methyl sites for hydroxylation is 2. The zero-order valence-electron chi connectivity index (χ0n) is 17.4. The van der Waals surface area contributed by atoms with Crippen LogP contribution >= 0.6 is 0 Å². The van der Waals surface area contributed by atoms with Crippen LogP contribution in [0, 0.1) is 18.7 Å². The summed E-state index contributed by atoms with van der Waals surface area (Å²) in [5.41, 5.74) is 3.64. The van der Waals surface area contributed by atoms with Crippen molar-refractivity contribution in [1.82, 2.24) is 20.3 Å². The molecule has 0 saturated heterocycles. The predicted octanol–water partition coefficient (Wildman–Crippen LogP) is 4.16. The third-order valence-corrected chi connectivity index (χ3v) is 5.83. The highest BCUT2D eigenvalue weighted by atomic mass is 19.1. The second-order valence-electron chi connectivity index (χ2n) is 8.26. The van der Waals surface area contributed by atoms with Crippen molar-refractivity contribution < 1.29 is 13.7 Å². The topological polar surface area (TPSA) is 73.0 Å². The molecule has 1 aromatic carbocycles. The molecule has 3 aromatic rings. The average Bonchev–Trinajstić information content (AvgIpc) is 3.32. The van der Waals surface area contributed by atoms with E-state index in [0.717, 1.165) is 48.4 Å². The number of carbonyl (C=O) groups excluding carboxylic acids is 1. The van der Waals surface area contributed by atoms with Crippen LogP contribution in [0.2, 0.25) is 0 Å². The van der Waals surface area contributed by atoms with Gasteiger partial charge >= 0.3 is 0 Å². The number of aromatic nitrogens is 3. The summed E-state index contributed by atoms with van der Waals surface area (Å²) in [5.74, 6) is 1.23. The average molecular weight is 410 g/mol. The van der Waals surface area contributed by atoms with E-state index in [1.54, 1.807) is 12.1 Å². The van der Waals surface area contributed by atoms with E-state index in [0.29, 0.717) is 23.9 Å². The number of benzene rings is 1. The summed E-state index contributed by atoms with van der Waals surface area (Å²) in [6, 6.07) is 8.14. The van der Waals surface area contributed by atoms with Gasteiger partial charge in [-0.25, -0.2) is 4.39 Å². The monoisotopic (exact) mass is 410 g/mol. The summed E-state index contributed by atoms with van der Waals surface area (Å²) in [6.45, 7) is 2.58. The second-order valence-corrected chi connectivity index (χ2v) is 8.26. The second kappa shape index (κ2) is 8.81. The van der Waals surface area contributed by atoms with E-state index in [9.17, 15) is 9.18 Å². The Morgan fingerprint density at radius 2 is 2.07 bits per heavy atom. The molecule has 30 heavy (non-hydrogen) atoms. The molecular formula is C23H27FN4O2. The third-order valence-electron chi connectivity index (χ3n) is 5.83. The lowest BCUT2D eigenvalue weighted by atomic mass is 9.79. The highest BCUT2D eigenvalue weighted by Gasteiger charge is 2.28. The van der Waals surface area contributed by atoms with Crippen molar-refractivity contribution in [1.29, 1.82) is 0 Å². The van der Waals surface area contributed by atoms with Gasteiger partial charge in [-0.2, -0.15) is 5.10 Å². The highest BCUT2D eigenvalue weighted by molar-refractivity contribution is 5.78. The summed E-state index contributed by atoms with van der Waals surface area (Å²) in [6.07, 6.45) is 6.34. The van der Waals surface area contributed by atoms with E-state index < -0.39 is 0 Å². The number of halogens is 1. The first-order valence-electron chi connectivity index (χ1n) is 10.5. The van der Waals surface area contributed by atoms with Crippen molar-refractivity contribution in [2.24, 2.45) is 13.0 Å². The first-order chi connectivity index (χ1) is 14.5. The van der Waals surface area contributed by atoms with Gasteiger partial charge in [0.1, 0.15) is 5.82 Å². The molecule has 0 bridgehead atoms. The largest absolute Gasteiger partial charge is 0.356 e. The number of rotatable bonds is 6. The van der Waals surface area contributed by atoms with Gasteiger partial charge in [-0.3, -0.25) is 9.48 Å². The van der Waals surface area contributed by atoms with Crippen LogP contribution in [0.3, 0.4) is 0 Å². The van der Waals surface area contributed by atoms with Gasteiger partial charge in [-0.15, -0.1) is 0 Å². The van der Waals surface area contributed by atoms with Crippen molar-refractivity contribution >= 4 is 5.91 Å². The van der Waals surface area contributed by atoms with Gasteiger partial charge in [0.15, 0.2) is 5.76 Å². The predicted molar refractivity (Wildman–Crippen MR) is 111 cm³/mol. The van der Waals surface area contributed by atoms with E-state index in [1.165, 1.54) is 12.1 Å². The van der Waals surface area contributed by atoms with Gasteiger partial charge in [0, 0.05) is 31.8 Å². The molecule has 4 rings (SSSR count). The first kappa shape index (κ1) is 20.3. The van der Waals surface area contributed by atoms with Crippen molar-refractivity contribution in [3.63, 3.8) is 0 Å². The van der Waals surface area contributed by atoms with E-state index in [1.807, 2.05) is 30.9 Å². The fourth-order valence-corrected chi connectivity index (χ4v) is 4.28. The molecule has 1 saturated carbocycles. The van der Waals surface area contributed by atoms with Crippen molar-refractivity contribution in [3.05, 3.63) is 59.3 Å². The molecule has 158 valence electrons. The molecule has 7 heteroatoms. The highest BCUT2D eigenvalue weighted by Crippen LogP contribution is 2.39. The van der Waals surface area contributed by atoms with Crippen LogP contribution in [0.1, 0.15) is 48.6 Å². The van der Waals surface area contributed by atoms with E-state index in [-0.39, 0.29) is 18.1 Å². The molecule has 1 fully saturated rings. The molecule has 1 aliphatic carbocycles. The van der Waals surface area contributed by atoms with Gasteiger partial charge in [-0.05, 0) is 56.2 Å². The molecule has 2 aromatic heterocycles. The smallest absolute Gasteiger partial charge is 0.224 e. The summed E-state index contributed by atoms with van der Waals surface area (Å²) in [4.78, 5) is 12.2. The Morgan fingerprint density at radius 1 is 1.27 bits per heavy atom. The molecule has 0 atom stereocenters. The summed E-state index contributed by atoms with van der Waals surface area (Å²) < 4.78 is 20.6. The number of nitrogens with one attached hydrogen (secondary N) is 1. The zero-order valence-corrected chi connectivity index (χ0v) is 17.4. The van der Waals surface area contributed by atoms with Crippen LogP contribution in [0.25, 0.3) is 11.3 Å². The molecule has 2 heterocycles. The number of amides is 1. The lowest BCUT2D eigenvalue weighted by Gasteiger charge is -2.28. The molecule has 1 aliphatic rings. The van der Waals surface area contributed by atoms with Crippen LogP contribution in [0.15, 0.2) is 41.1 Å².